The lowest BCUT2D eigenvalue weighted by Gasteiger charge is -2.11. The molecule has 2 aromatic rings. The first-order chi connectivity index (χ1) is 12.9. The van der Waals surface area contributed by atoms with Gasteiger partial charge in [-0.2, -0.15) is 5.10 Å². The standard InChI is InChI=1S/C18H19N3O6/c1-11(14-7-6-13(25-2)10-17(14)27-4)19-20-18(22)15-9-12(21(23)24)5-8-16(15)26-3/h5-10H,1-4H3,(H,20,22)/b19-11-. The third kappa shape index (κ3) is 4.51. The first-order valence-electron chi connectivity index (χ1n) is 7.80. The molecule has 0 aliphatic carbocycles. The van der Waals surface area contributed by atoms with Crippen LogP contribution in [0.25, 0.3) is 0 Å². The minimum atomic E-state index is -0.637. The molecule has 0 heterocycles. The Bertz CT molecular complexity index is 895. The number of nitrogens with zero attached hydrogens (tertiary/aromatic N) is 2. The van der Waals surface area contributed by atoms with Crippen molar-refractivity contribution in [3.05, 3.63) is 57.6 Å². The van der Waals surface area contributed by atoms with Gasteiger partial charge >= 0.3 is 0 Å². The molecule has 0 spiro atoms. The van der Waals surface area contributed by atoms with Gasteiger partial charge in [0.05, 0.1) is 37.5 Å². The molecule has 9 heteroatoms. The number of nitro benzene ring substituents is 1. The predicted octanol–water partition coefficient (Wildman–Crippen LogP) is 2.77. The van der Waals surface area contributed by atoms with Gasteiger partial charge in [-0.05, 0) is 25.1 Å². The molecule has 1 N–H and O–H groups in total. The number of nitro groups is 1. The highest BCUT2D eigenvalue weighted by molar-refractivity contribution is 6.03. The average Bonchev–Trinajstić information content (AvgIpc) is 2.70. The summed E-state index contributed by atoms with van der Waals surface area (Å²) in [5.41, 5.74) is 3.29. The molecule has 0 radical (unpaired) electrons. The Kier molecular flexibility index (Phi) is 6.32. The molecule has 0 saturated carbocycles. The number of amides is 1. The van der Waals surface area contributed by atoms with Gasteiger partial charge in [0, 0.05) is 23.8 Å². The third-order valence-corrected chi connectivity index (χ3v) is 3.76. The highest BCUT2D eigenvalue weighted by atomic mass is 16.6. The highest BCUT2D eigenvalue weighted by Gasteiger charge is 2.17. The molecular formula is C18H19N3O6. The Morgan fingerprint density at radius 3 is 2.30 bits per heavy atom. The van der Waals surface area contributed by atoms with E-state index in [4.69, 9.17) is 14.2 Å². The summed E-state index contributed by atoms with van der Waals surface area (Å²) >= 11 is 0. The van der Waals surface area contributed by atoms with Gasteiger partial charge in [-0.15, -0.1) is 0 Å². The van der Waals surface area contributed by atoms with Crippen LogP contribution in [0.15, 0.2) is 41.5 Å². The lowest BCUT2D eigenvalue weighted by molar-refractivity contribution is -0.384. The van der Waals surface area contributed by atoms with Crippen molar-refractivity contribution in [1.82, 2.24) is 5.43 Å². The molecule has 2 aromatic carbocycles. The molecule has 9 nitrogen and oxygen atoms in total. The van der Waals surface area contributed by atoms with Crippen LogP contribution >= 0.6 is 0 Å². The van der Waals surface area contributed by atoms with Crippen molar-refractivity contribution < 1.29 is 23.9 Å². The van der Waals surface area contributed by atoms with E-state index in [1.807, 2.05) is 0 Å². The van der Waals surface area contributed by atoms with Gasteiger partial charge in [0.2, 0.25) is 0 Å². The molecule has 142 valence electrons. The number of non-ortho nitro benzene ring substituents is 1. The molecule has 0 aliphatic heterocycles. The fourth-order valence-electron chi connectivity index (χ4n) is 2.34. The average molecular weight is 373 g/mol. The number of rotatable bonds is 7. The number of carbonyl (C=O) groups is 1. The van der Waals surface area contributed by atoms with Crippen LogP contribution in [0.2, 0.25) is 0 Å². The summed E-state index contributed by atoms with van der Waals surface area (Å²) in [6.07, 6.45) is 0. The summed E-state index contributed by atoms with van der Waals surface area (Å²) in [4.78, 5) is 22.8. The van der Waals surface area contributed by atoms with E-state index in [1.165, 1.54) is 26.4 Å². The zero-order valence-electron chi connectivity index (χ0n) is 15.3. The zero-order valence-corrected chi connectivity index (χ0v) is 15.3. The van der Waals surface area contributed by atoms with Crippen molar-refractivity contribution in [2.24, 2.45) is 5.10 Å². The molecular weight excluding hydrogens is 354 g/mol. The van der Waals surface area contributed by atoms with E-state index < -0.39 is 10.8 Å². The van der Waals surface area contributed by atoms with E-state index >= 15 is 0 Å². The number of benzene rings is 2. The molecule has 2 rings (SSSR count). The Morgan fingerprint density at radius 2 is 1.70 bits per heavy atom. The van der Waals surface area contributed by atoms with Gasteiger partial charge < -0.3 is 14.2 Å². The fraction of sp³-hybridized carbons (Fsp3) is 0.222. The van der Waals surface area contributed by atoms with Gasteiger partial charge in [0.1, 0.15) is 17.2 Å². The molecule has 27 heavy (non-hydrogen) atoms. The molecule has 0 aliphatic rings. The monoisotopic (exact) mass is 373 g/mol. The van der Waals surface area contributed by atoms with E-state index in [2.05, 4.69) is 10.5 Å². The second kappa shape index (κ2) is 8.65. The topological polar surface area (TPSA) is 112 Å². The lowest BCUT2D eigenvalue weighted by Crippen LogP contribution is -2.20. The number of nitrogens with one attached hydrogen (secondary N) is 1. The van der Waals surface area contributed by atoms with Crippen LogP contribution in [0.5, 0.6) is 17.2 Å². The van der Waals surface area contributed by atoms with Crippen LogP contribution in [0, 0.1) is 10.1 Å². The maximum absolute atomic E-state index is 12.4. The van der Waals surface area contributed by atoms with Crippen LogP contribution in [0.4, 0.5) is 5.69 Å². The molecule has 0 fully saturated rings. The van der Waals surface area contributed by atoms with Crippen LogP contribution < -0.4 is 19.6 Å². The van der Waals surface area contributed by atoms with Gasteiger partial charge in [-0.1, -0.05) is 0 Å². The number of carbonyl (C=O) groups excluding carboxylic acids is 1. The summed E-state index contributed by atoms with van der Waals surface area (Å²) in [5, 5.41) is 15.0. The Labute approximate surface area is 155 Å². The van der Waals surface area contributed by atoms with E-state index in [-0.39, 0.29) is 17.0 Å². The lowest BCUT2D eigenvalue weighted by atomic mass is 10.1. The maximum atomic E-state index is 12.4. The number of ether oxygens (including phenoxy) is 3. The summed E-state index contributed by atoms with van der Waals surface area (Å²) < 4.78 is 15.5. The molecule has 0 bridgehead atoms. The largest absolute Gasteiger partial charge is 0.497 e. The van der Waals surface area contributed by atoms with Crippen LogP contribution in [0.1, 0.15) is 22.8 Å². The summed E-state index contributed by atoms with van der Waals surface area (Å²) in [7, 11) is 4.43. The number of hydrogen-bond acceptors (Lipinski definition) is 7. The van der Waals surface area contributed by atoms with E-state index in [0.717, 1.165) is 6.07 Å². The molecule has 0 atom stereocenters. The zero-order chi connectivity index (χ0) is 20.0. The van der Waals surface area contributed by atoms with Crippen molar-refractivity contribution in [3.8, 4) is 17.2 Å². The van der Waals surface area contributed by atoms with E-state index in [0.29, 0.717) is 22.8 Å². The minimum absolute atomic E-state index is 0.00458. The van der Waals surface area contributed by atoms with Gasteiger partial charge in [0.25, 0.3) is 11.6 Å². The van der Waals surface area contributed by atoms with Gasteiger partial charge in [-0.3, -0.25) is 14.9 Å². The first-order valence-corrected chi connectivity index (χ1v) is 7.80. The van der Waals surface area contributed by atoms with Crippen LogP contribution in [0.3, 0.4) is 0 Å². The second-order valence-corrected chi connectivity index (χ2v) is 5.35. The molecule has 0 aromatic heterocycles. The van der Waals surface area contributed by atoms with E-state index in [1.54, 1.807) is 32.2 Å². The Balaban J connectivity index is 2.28. The molecule has 1 amide bonds. The third-order valence-electron chi connectivity index (χ3n) is 3.76. The second-order valence-electron chi connectivity index (χ2n) is 5.35. The summed E-state index contributed by atoms with van der Waals surface area (Å²) in [5.74, 6) is 0.710. The van der Waals surface area contributed by atoms with Crippen molar-refractivity contribution in [1.29, 1.82) is 0 Å². The van der Waals surface area contributed by atoms with Crippen LogP contribution in [-0.2, 0) is 0 Å². The number of hydrogen-bond donors (Lipinski definition) is 1. The molecule has 0 unspecified atom stereocenters. The van der Waals surface area contributed by atoms with Crippen molar-refractivity contribution >= 4 is 17.3 Å². The van der Waals surface area contributed by atoms with Crippen LogP contribution in [-0.4, -0.2) is 37.9 Å². The fourth-order valence-corrected chi connectivity index (χ4v) is 2.34. The van der Waals surface area contributed by atoms with Crippen molar-refractivity contribution in [2.75, 3.05) is 21.3 Å². The number of methoxy groups -OCH3 is 3. The summed E-state index contributed by atoms with van der Waals surface area (Å²) in [6, 6.07) is 8.92. The van der Waals surface area contributed by atoms with Gasteiger partial charge in [0.15, 0.2) is 0 Å². The summed E-state index contributed by atoms with van der Waals surface area (Å²) in [6.45, 7) is 1.69. The molecule has 0 saturated heterocycles. The highest BCUT2D eigenvalue weighted by Crippen LogP contribution is 2.26. The quantitative estimate of drug-likeness (QED) is 0.454. The maximum Gasteiger partial charge on any atom is 0.275 e. The minimum Gasteiger partial charge on any atom is -0.497 e. The number of hydrazone groups is 1. The first kappa shape index (κ1) is 19.7. The smallest absolute Gasteiger partial charge is 0.275 e. The van der Waals surface area contributed by atoms with Crippen molar-refractivity contribution in [2.45, 2.75) is 6.92 Å². The van der Waals surface area contributed by atoms with E-state index in [9.17, 15) is 14.9 Å². The SMILES string of the molecule is COc1ccc(/C(C)=N\NC(=O)c2cc([N+](=O)[O-])ccc2OC)c(OC)c1. The van der Waals surface area contributed by atoms with Gasteiger partial charge in [-0.25, -0.2) is 5.43 Å². The predicted molar refractivity (Wildman–Crippen MR) is 98.9 cm³/mol. The van der Waals surface area contributed by atoms with Crippen molar-refractivity contribution in [3.63, 3.8) is 0 Å². The Hall–Kier alpha value is -3.62. The Morgan fingerprint density at radius 1 is 1.00 bits per heavy atom. The normalized spacial score (nSPS) is 10.9.